The molecule has 1 aliphatic rings. The predicted molar refractivity (Wildman–Crippen MR) is 76.5 cm³/mol. The third-order valence-corrected chi connectivity index (χ3v) is 4.20. The molecule has 0 unspecified atom stereocenters. The first-order valence-electron chi connectivity index (χ1n) is 6.68. The van der Waals surface area contributed by atoms with Crippen LogP contribution in [0, 0.1) is 15.5 Å². The Kier molecular flexibility index (Phi) is 4.04. The van der Waals surface area contributed by atoms with Crippen molar-refractivity contribution < 1.29 is 9.72 Å². The van der Waals surface area contributed by atoms with Gasteiger partial charge < -0.3 is 10.6 Å². The van der Waals surface area contributed by atoms with Crippen molar-refractivity contribution >= 4 is 17.3 Å². The second kappa shape index (κ2) is 5.58. The van der Waals surface area contributed by atoms with Crippen LogP contribution in [0.25, 0.3) is 0 Å². The molecule has 2 rings (SSSR count). The second-order valence-corrected chi connectivity index (χ2v) is 5.46. The number of rotatable bonds is 5. The molecule has 1 aromatic rings. The van der Waals surface area contributed by atoms with Gasteiger partial charge >= 0.3 is 0 Å². The Bertz CT molecular complexity index is 503. The minimum Gasteiger partial charge on any atom is -0.330 e. The highest BCUT2D eigenvalue weighted by Gasteiger charge is 2.38. The number of anilines is 1. The van der Waals surface area contributed by atoms with Crippen molar-refractivity contribution in [2.45, 2.75) is 25.7 Å². The first kappa shape index (κ1) is 14.5. The molecule has 1 fully saturated rings. The lowest BCUT2D eigenvalue weighted by Gasteiger charge is -2.41. The molecule has 2 N–H and O–H groups in total. The van der Waals surface area contributed by atoms with E-state index >= 15 is 0 Å². The monoisotopic (exact) mass is 277 g/mol. The van der Waals surface area contributed by atoms with Crippen molar-refractivity contribution in [1.82, 2.24) is 0 Å². The maximum Gasteiger partial charge on any atom is 0.269 e. The van der Waals surface area contributed by atoms with Crippen molar-refractivity contribution in [1.29, 1.82) is 0 Å². The summed E-state index contributed by atoms with van der Waals surface area (Å²) in [7, 11) is 1.69. The maximum absolute atomic E-state index is 12.3. The topological polar surface area (TPSA) is 89.5 Å². The number of hydrogen-bond acceptors (Lipinski definition) is 4. The molecule has 0 radical (unpaired) electrons. The summed E-state index contributed by atoms with van der Waals surface area (Å²) in [6, 6.07) is 5.99. The number of carbonyl (C=O) groups excluding carboxylic acids is 1. The molecule has 6 heteroatoms. The zero-order chi connectivity index (χ0) is 14.8. The molecule has 0 bridgehead atoms. The van der Waals surface area contributed by atoms with Crippen LogP contribution in [0.5, 0.6) is 0 Å². The third-order valence-electron chi connectivity index (χ3n) is 4.20. The number of nitro benzene ring substituents is 1. The van der Waals surface area contributed by atoms with Gasteiger partial charge in [-0.15, -0.1) is 0 Å². The largest absolute Gasteiger partial charge is 0.330 e. The SMILES string of the molecule is CN(C(=O)CC1(CN)CCC1)c1ccc([N+](=O)[O-])cc1. The molecule has 0 aliphatic heterocycles. The standard InChI is InChI=1S/C14H19N3O3/c1-16(11-3-5-12(6-4-11)17(19)20)13(18)9-14(10-15)7-2-8-14/h3-6H,2,7-10,15H2,1H3. The number of carbonyl (C=O) groups is 1. The van der Waals surface area contributed by atoms with Crippen LogP contribution in [0.4, 0.5) is 11.4 Å². The molecular weight excluding hydrogens is 258 g/mol. The van der Waals surface area contributed by atoms with Gasteiger partial charge in [-0.3, -0.25) is 14.9 Å². The first-order chi connectivity index (χ1) is 9.47. The molecule has 20 heavy (non-hydrogen) atoms. The molecule has 1 aromatic carbocycles. The van der Waals surface area contributed by atoms with Gasteiger partial charge in [-0.1, -0.05) is 6.42 Å². The summed E-state index contributed by atoms with van der Waals surface area (Å²) in [5.41, 5.74) is 6.41. The summed E-state index contributed by atoms with van der Waals surface area (Å²) in [5, 5.41) is 10.6. The number of hydrogen-bond donors (Lipinski definition) is 1. The first-order valence-corrected chi connectivity index (χ1v) is 6.68. The second-order valence-electron chi connectivity index (χ2n) is 5.46. The number of nitro groups is 1. The summed E-state index contributed by atoms with van der Waals surface area (Å²) in [4.78, 5) is 24.0. The molecule has 0 atom stereocenters. The van der Waals surface area contributed by atoms with E-state index in [0.717, 1.165) is 19.3 Å². The Balaban J connectivity index is 2.04. The lowest BCUT2D eigenvalue weighted by molar-refractivity contribution is -0.384. The van der Waals surface area contributed by atoms with Gasteiger partial charge in [-0.25, -0.2) is 0 Å². The third kappa shape index (κ3) is 2.80. The van der Waals surface area contributed by atoms with E-state index in [1.807, 2.05) is 0 Å². The Morgan fingerprint density at radius 2 is 2.00 bits per heavy atom. The van der Waals surface area contributed by atoms with Crippen LogP contribution in [-0.4, -0.2) is 24.4 Å². The van der Waals surface area contributed by atoms with Crippen LogP contribution < -0.4 is 10.6 Å². The van der Waals surface area contributed by atoms with Crippen molar-refractivity contribution in [3.63, 3.8) is 0 Å². The zero-order valence-electron chi connectivity index (χ0n) is 11.5. The van der Waals surface area contributed by atoms with Gasteiger partial charge in [0.1, 0.15) is 0 Å². The maximum atomic E-state index is 12.3. The van der Waals surface area contributed by atoms with Crippen LogP contribution in [0.2, 0.25) is 0 Å². The highest BCUT2D eigenvalue weighted by molar-refractivity contribution is 5.93. The molecule has 6 nitrogen and oxygen atoms in total. The number of non-ortho nitro benzene ring substituents is 1. The minimum absolute atomic E-state index is 0.00371. The van der Waals surface area contributed by atoms with Crippen molar-refractivity contribution in [3.8, 4) is 0 Å². The molecule has 0 aromatic heterocycles. The predicted octanol–water partition coefficient (Wildman–Crippen LogP) is 2.08. The summed E-state index contributed by atoms with van der Waals surface area (Å²) in [6.45, 7) is 0.535. The van der Waals surface area contributed by atoms with E-state index in [1.54, 1.807) is 24.1 Å². The summed E-state index contributed by atoms with van der Waals surface area (Å²) < 4.78 is 0. The molecule has 1 aliphatic carbocycles. The quantitative estimate of drug-likeness (QED) is 0.659. The molecule has 0 heterocycles. The molecular formula is C14H19N3O3. The highest BCUT2D eigenvalue weighted by Crippen LogP contribution is 2.43. The Morgan fingerprint density at radius 3 is 2.40 bits per heavy atom. The number of nitrogens with two attached hydrogens (primary N) is 1. The fourth-order valence-electron chi connectivity index (χ4n) is 2.51. The van der Waals surface area contributed by atoms with Gasteiger partial charge in [0.2, 0.25) is 5.91 Å². The van der Waals surface area contributed by atoms with E-state index < -0.39 is 4.92 Å². The van der Waals surface area contributed by atoms with Crippen LogP contribution in [-0.2, 0) is 4.79 Å². The number of nitrogens with zero attached hydrogens (tertiary/aromatic N) is 2. The zero-order valence-corrected chi connectivity index (χ0v) is 11.5. The van der Waals surface area contributed by atoms with Crippen LogP contribution in [0.3, 0.4) is 0 Å². The Labute approximate surface area is 117 Å². The summed E-state index contributed by atoms with van der Waals surface area (Å²) in [5.74, 6) is 0.00371. The smallest absolute Gasteiger partial charge is 0.269 e. The van der Waals surface area contributed by atoms with Gasteiger partial charge in [0.25, 0.3) is 5.69 Å². The average Bonchev–Trinajstić information content (AvgIpc) is 2.42. The number of benzene rings is 1. The average molecular weight is 277 g/mol. The molecule has 108 valence electrons. The van der Waals surface area contributed by atoms with Crippen LogP contribution >= 0.6 is 0 Å². The normalized spacial score (nSPS) is 16.3. The number of amides is 1. The summed E-state index contributed by atoms with van der Waals surface area (Å²) in [6.07, 6.45) is 3.58. The van der Waals surface area contributed by atoms with E-state index in [4.69, 9.17) is 5.73 Å². The highest BCUT2D eigenvalue weighted by atomic mass is 16.6. The van der Waals surface area contributed by atoms with Gasteiger partial charge in [-0.05, 0) is 36.9 Å². The van der Waals surface area contributed by atoms with Crippen LogP contribution in [0.15, 0.2) is 24.3 Å². The van der Waals surface area contributed by atoms with Gasteiger partial charge in [0, 0.05) is 31.3 Å². The lowest BCUT2D eigenvalue weighted by atomic mass is 9.66. The van der Waals surface area contributed by atoms with Crippen LogP contribution in [0.1, 0.15) is 25.7 Å². The van der Waals surface area contributed by atoms with E-state index in [2.05, 4.69) is 0 Å². The van der Waals surface area contributed by atoms with Gasteiger partial charge in [-0.2, -0.15) is 0 Å². The fourth-order valence-corrected chi connectivity index (χ4v) is 2.51. The van der Waals surface area contributed by atoms with E-state index in [9.17, 15) is 14.9 Å². The van der Waals surface area contributed by atoms with E-state index in [0.29, 0.717) is 18.7 Å². The molecule has 0 spiro atoms. The van der Waals surface area contributed by atoms with Gasteiger partial charge in [0.15, 0.2) is 0 Å². The van der Waals surface area contributed by atoms with E-state index in [-0.39, 0.29) is 17.0 Å². The lowest BCUT2D eigenvalue weighted by Crippen LogP contribution is -2.42. The van der Waals surface area contributed by atoms with Crippen molar-refractivity contribution in [2.75, 3.05) is 18.5 Å². The molecule has 0 saturated heterocycles. The fraction of sp³-hybridized carbons (Fsp3) is 0.500. The minimum atomic E-state index is -0.455. The van der Waals surface area contributed by atoms with Crippen molar-refractivity contribution in [3.05, 3.63) is 34.4 Å². The Morgan fingerprint density at radius 1 is 1.40 bits per heavy atom. The molecule has 1 amide bonds. The van der Waals surface area contributed by atoms with Crippen molar-refractivity contribution in [2.24, 2.45) is 11.1 Å². The van der Waals surface area contributed by atoms with Gasteiger partial charge in [0.05, 0.1) is 4.92 Å². The Hall–Kier alpha value is -1.95. The summed E-state index contributed by atoms with van der Waals surface area (Å²) >= 11 is 0. The molecule has 1 saturated carbocycles. The van der Waals surface area contributed by atoms with E-state index in [1.165, 1.54) is 12.1 Å².